The second-order valence-electron chi connectivity index (χ2n) is 3.04. The van der Waals surface area contributed by atoms with Gasteiger partial charge in [0.25, 0.3) is 0 Å². The van der Waals surface area contributed by atoms with Crippen molar-refractivity contribution in [3.63, 3.8) is 0 Å². The Kier molecular flexibility index (Phi) is 5.04. The van der Waals surface area contributed by atoms with Crippen LogP contribution in [-0.4, -0.2) is 53.6 Å². The first-order valence-corrected chi connectivity index (χ1v) is 5.80. The Labute approximate surface area is 74.5 Å². The number of hydrogen-bond acceptors (Lipinski definition) is 4. The van der Waals surface area contributed by atoms with E-state index in [1.54, 1.807) is 0 Å². The second-order valence-corrected chi connectivity index (χ2v) is 4.23. The molecule has 0 saturated carbocycles. The van der Waals surface area contributed by atoms with E-state index in [-0.39, 0.29) is 0 Å². The lowest BCUT2D eigenvalue weighted by Crippen LogP contribution is -2.43. The van der Waals surface area contributed by atoms with E-state index in [0.29, 0.717) is 6.16 Å². The molecule has 0 bridgehead atoms. The topological polar surface area (TPSA) is 55.7 Å². The first-order chi connectivity index (χ1) is 5.79. The lowest BCUT2D eigenvalue weighted by molar-refractivity contribution is 0.241. The second kappa shape index (κ2) is 5.84. The zero-order valence-corrected chi connectivity index (χ0v) is 8.13. The molecular formula is C7H17N2O2P. The van der Waals surface area contributed by atoms with Gasteiger partial charge in [-0.05, 0) is 13.0 Å². The van der Waals surface area contributed by atoms with Gasteiger partial charge in [0.1, 0.15) is 0 Å². The summed E-state index contributed by atoms with van der Waals surface area (Å²) >= 11 is 0. The number of nitrogens with zero attached hydrogens (tertiary/aromatic N) is 1. The summed E-state index contributed by atoms with van der Waals surface area (Å²) in [4.78, 5) is 19.7. The number of rotatable bonds is 4. The highest BCUT2D eigenvalue weighted by Crippen LogP contribution is 2.23. The highest BCUT2D eigenvalue weighted by Gasteiger charge is 2.09. The van der Waals surface area contributed by atoms with Gasteiger partial charge in [-0.25, -0.2) is 0 Å². The van der Waals surface area contributed by atoms with Gasteiger partial charge in [0.2, 0.25) is 0 Å². The molecule has 3 N–H and O–H groups in total. The average molecular weight is 192 g/mol. The van der Waals surface area contributed by atoms with E-state index in [4.69, 9.17) is 9.79 Å². The van der Waals surface area contributed by atoms with Crippen molar-refractivity contribution in [2.45, 2.75) is 6.42 Å². The lowest BCUT2D eigenvalue weighted by Gasteiger charge is -2.26. The van der Waals surface area contributed by atoms with Gasteiger partial charge < -0.3 is 20.0 Å². The third kappa shape index (κ3) is 4.33. The van der Waals surface area contributed by atoms with Crippen LogP contribution in [0.3, 0.4) is 0 Å². The molecule has 72 valence electrons. The first-order valence-electron chi connectivity index (χ1n) is 4.37. The monoisotopic (exact) mass is 192 g/mol. The summed E-state index contributed by atoms with van der Waals surface area (Å²) in [6.07, 6.45) is 1.46. The summed E-state index contributed by atoms with van der Waals surface area (Å²) in [5.41, 5.74) is 0. The van der Waals surface area contributed by atoms with E-state index in [1.165, 1.54) is 0 Å². The van der Waals surface area contributed by atoms with Crippen molar-refractivity contribution in [2.75, 3.05) is 38.9 Å². The predicted molar refractivity (Wildman–Crippen MR) is 50.2 cm³/mol. The minimum absolute atomic E-state index is 0.555. The number of hydrogen-bond donors (Lipinski definition) is 3. The molecule has 12 heavy (non-hydrogen) atoms. The predicted octanol–water partition coefficient (Wildman–Crippen LogP) is -0.422. The Hall–Kier alpha value is 0.270. The van der Waals surface area contributed by atoms with Crippen LogP contribution in [-0.2, 0) is 0 Å². The maximum absolute atomic E-state index is 8.67. The van der Waals surface area contributed by atoms with Gasteiger partial charge in [0.15, 0.2) is 8.38 Å². The van der Waals surface area contributed by atoms with Crippen LogP contribution in [0.2, 0.25) is 0 Å². The van der Waals surface area contributed by atoms with Crippen molar-refractivity contribution in [1.29, 1.82) is 0 Å². The van der Waals surface area contributed by atoms with Gasteiger partial charge in [0.05, 0.1) is 0 Å². The van der Waals surface area contributed by atoms with E-state index in [2.05, 4.69) is 10.2 Å². The fourth-order valence-corrected chi connectivity index (χ4v) is 1.79. The Morgan fingerprint density at radius 3 is 2.50 bits per heavy atom. The number of piperazine rings is 1. The maximum atomic E-state index is 8.67. The van der Waals surface area contributed by atoms with Crippen LogP contribution in [0.15, 0.2) is 0 Å². The van der Waals surface area contributed by atoms with E-state index >= 15 is 0 Å². The Morgan fingerprint density at radius 2 is 1.92 bits per heavy atom. The molecule has 0 aromatic rings. The number of nitrogens with one attached hydrogen (secondary N) is 1. The van der Waals surface area contributed by atoms with Crippen LogP contribution in [0.1, 0.15) is 6.42 Å². The largest absolute Gasteiger partial charge is 0.350 e. The van der Waals surface area contributed by atoms with Crippen molar-refractivity contribution in [3.05, 3.63) is 0 Å². The molecule has 1 fully saturated rings. The molecule has 1 heterocycles. The molecule has 0 spiro atoms. The standard InChI is InChI=1S/C7H17N2O2P/c10-12(11)7-1-4-9-5-2-8-3-6-9/h8,10-11H,1-7H2. The minimum Gasteiger partial charge on any atom is -0.350 e. The SMILES string of the molecule is OP(O)CCCN1CCNCC1. The van der Waals surface area contributed by atoms with Gasteiger partial charge in [-0.3, -0.25) is 0 Å². The van der Waals surface area contributed by atoms with Gasteiger partial charge in [-0.1, -0.05) is 0 Å². The zero-order valence-electron chi connectivity index (χ0n) is 7.24. The van der Waals surface area contributed by atoms with Crippen LogP contribution in [0.5, 0.6) is 0 Å². The van der Waals surface area contributed by atoms with Crippen LogP contribution < -0.4 is 5.32 Å². The van der Waals surface area contributed by atoms with Crippen molar-refractivity contribution < 1.29 is 9.79 Å². The molecule has 1 aliphatic heterocycles. The first kappa shape index (κ1) is 10.4. The van der Waals surface area contributed by atoms with E-state index in [9.17, 15) is 0 Å². The zero-order chi connectivity index (χ0) is 8.81. The molecule has 0 radical (unpaired) electrons. The van der Waals surface area contributed by atoms with Crippen LogP contribution >= 0.6 is 8.38 Å². The molecule has 0 unspecified atom stereocenters. The van der Waals surface area contributed by atoms with Crippen molar-refractivity contribution >= 4 is 8.38 Å². The van der Waals surface area contributed by atoms with Crippen molar-refractivity contribution in [2.24, 2.45) is 0 Å². The molecule has 4 nitrogen and oxygen atoms in total. The average Bonchev–Trinajstić information content (AvgIpc) is 2.05. The molecule has 0 amide bonds. The Balaban J connectivity index is 1.98. The fourth-order valence-electron chi connectivity index (χ4n) is 1.37. The Bertz CT molecular complexity index is 118. The maximum Gasteiger partial charge on any atom is 0.164 e. The highest BCUT2D eigenvalue weighted by atomic mass is 31.2. The van der Waals surface area contributed by atoms with Crippen LogP contribution in [0.4, 0.5) is 0 Å². The molecule has 0 aromatic carbocycles. The highest BCUT2D eigenvalue weighted by molar-refractivity contribution is 7.45. The molecule has 1 saturated heterocycles. The third-order valence-electron chi connectivity index (χ3n) is 2.04. The minimum atomic E-state index is -1.67. The molecule has 5 heteroatoms. The Morgan fingerprint density at radius 1 is 1.25 bits per heavy atom. The summed E-state index contributed by atoms with van der Waals surface area (Å²) in [5, 5.41) is 3.28. The molecule has 1 rings (SSSR count). The molecule has 0 aromatic heterocycles. The molecule has 0 atom stereocenters. The van der Waals surface area contributed by atoms with Gasteiger partial charge in [0, 0.05) is 32.3 Å². The smallest absolute Gasteiger partial charge is 0.164 e. The van der Waals surface area contributed by atoms with E-state index in [0.717, 1.165) is 39.1 Å². The van der Waals surface area contributed by atoms with E-state index < -0.39 is 8.38 Å². The van der Waals surface area contributed by atoms with Gasteiger partial charge in [-0.15, -0.1) is 0 Å². The normalized spacial score (nSPS) is 20.2. The van der Waals surface area contributed by atoms with Gasteiger partial charge in [-0.2, -0.15) is 0 Å². The molecule has 0 aliphatic carbocycles. The molecule has 1 aliphatic rings. The van der Waals surface area contributed by atoms with Crippen LogP contribution in [0, 0.1) is 0 Å². The fraction of sp³-hybridized carbons (Fsp3) is 1.00. The quantitative estimate of drug-likeness (QED) is 0.529. The van der Waals surface area contributed by atoms with Gasteiger partial charge >= 0.3 is 0 Å². The van der Waals surface area contributed by atoms with Crippen molar-refractivity contribution in [1.82, 2.24) is 10.2 Å². The third-order valence-corrected chi connectivity index (χ3v) is 2.76. The van der Waals surface area contributed by atoms with E-state index in [1.807, 2.05) is 0 Å². The summed E-state index contributed by atoms with van der Waals surface area (Å²) in [7, 11) is -1.67. The van der Waals surface area contributed by atoms with Crippen LogP contribution in [0.25, 0.3) is 0 Å². The summed E-state index contributed by atoms with van der Waals surface area (Å²) < 4.78 is 0. The summed E-state index contributed by atoms with van der Waals surface area (Å²) in [6.45, 7) is 5.31. The summed E-state index contributed by atoms with van der Waals surface area (Å²) in [5.74, 6) is 0. The summed E-state index contributed by atoms with van der Waals surface area (Å²) in [6, 6.07) is 0. The van der Waals surface area contributed by atoms with Crippen molar-refractivity contribution in [3.8, 4) is 0 Å². The molecular weight excluding hydrogens is 175 g/mol. The lowest BCUT2D eigenvalue weighted by atomic mass is 10.3.